The molecular weight excluding hydrogens is 334 g/mol. The molecule has 0 radical (unpaired) electrons. The van der Waals surface area contributed by atoms with Gasteiger partial charge in [-0.15, -0.1) is 0 Å². The van der Waals surface area contributed by atoms with Gasteiger partial charge in [-0.2, -0.15) is 0 Å². The van der Waals surface area contributed by atoms with Crippen LogP contribution in [0.4, 0.5) is 0 Å². The number of ether oxygens (including phenoxy) is 2. The molecule has 0 bridgehead atoms. The summed E-state index contributed by atoms with van der Waals surface area (Å²) < 4.78 is 10.7. The van der Waals surface area contributed by atoms with Gasteiger partial charge in [0.1, 0.15) is 0 Å². The van der Waals surface area contributed by atoms with Crippen LogP contribution < -0.4 is 9.47 Å². The molecule has 2 aromatic carbocycles. The molecule has 1 unspecified atom stereocenters. The fourth-order valence-corrected chi connectivity index (χ4v) is 3.71. The quantitative estimate of drug-likeness (QED) is 0.740. The van der Waals surface area contributed by atoms with E-state index in [1.165, 1.54) is 30.5 Å². The molecule has 1 saturated heterocycles. The Morgan fingerprint density at radius 1 is 1.04 bits per heavy atom. The van der Waals surface area contributed by atoms with Crippen molar-refractivity contribution < 1.29 is 9.47 Å². The maximum Gasteiger partial charge on any atom is 0.160 e. The molecule has 1 aliphatic heterocycles. The third-order valence-corrected chi connectivity index (χ3v) is 5.26. The molecule has 0 N–H and O–H groups in total. The van der Waals surface area contributed by atoms with E-state index in [4.69, 9.17) is 21.1 Å². The summed E-state index contributed by atoms with van der Waals surface area (Å²) >= 11 is 6.01. The van der Waals surface area contributed by atoms with Gasteiger partial charge in [0.05, 0.1) is 14.2 Å². The van der Waals surface area contributed by atoms with Crippen LogP contribution in [0.1, 0.15) is 29.9 Å². The number of piperidine rings is 1. The number of methoxy groups -OCH3 is 2. The van der Waals surface area contributed by atoms with Gasteiger partial charge >= 0.3 is 0 Å². The molecule has 2 aromatic rings. The van der Waals surface area contributed by atoms with Crippen LogP contribution >= 0.6 is 11.6 Å². The van der Waals surface area contributed by atoms with Gasteiger partial charge in [0.15, 0.2) is 11.5 Å². The molecule has 0 saturated carbocycles. The number of halogens is 1. The first-order chi connectivity index (χ1) is 12.2. The SMILES string of the molecule is COc1ccc(CCN2CCCC(c3ccc(Cl)cc3)C2)cc1OC. The second-order valence-corrected chi connectivity index (χ2v) is 7.07. The van der Waals surface area contributed by atoms with Crippen molar-refractivity contribution in [1.82, 2.24) is 4.90 Å². The maximum absolute atomic E-state index is 6.01. The Kier molecular flexibility index (Phi) is 6.22. The maximum atomic E-state index is 6.01. The zero-order valence-corrected chi connectivity index (χ0v) is 15.8. The van der Waals surface area contributed by atoms with Crippen LogP contribution in [0.25, 0.3) is 0 Å². The number of nitrogens with zero attached hydrogens (tertiary/aromatic N) is 1. The van der Waals surface area contributed by atoms with Crippen molar-refractivity contribution in [1.29, 1.82) is 0 Å². The Morgan fingerprint density at radius 2 is 1.80 bits per heavy atom. The van der Waals surface area contributed by atoms with Crippen LogP contribution in [0.2, 0.25) is 5.02 Å². The summed E-state index contributed by atoms with van der Waals surface area (Å²) in [7, 11) is 3.35. The van der Waals surface area contributed by atoms with E-state index >= 15 is 0 Å². The standard InChI is InChI=1S/C21H26ClNO2/c1-24-20-10-5-16(14-21(20)25-2)11-13-23-12-3-4-18(15-23)17-6-8-19(22)9-7-17/h5-10,14,18H,3-4,11-13,15H2,1-2H3. The summed E-state index contributed by atoms with van der Waals surface area (Å²) in [6.07, 6.45) is 3.53. The van der Waals surface area contributed by atoms with Gasteiger partial charge < -0.3 is 14.4 Å². The van der Waals surface area contributed by atoms with E-state index in [1.807, 2.05) is 18.2 Å². The fraction of sp³-hybridized carbons (Fsp3) is 0.429. The van der Waals surface area contributed by atoms with Gasteiger partial charge in [0.2, 0.25) is 0 Å². The lowest BCUT2D eigenvalue weighted by Gasteiger charge is -2.33. The topological polar surface area (TPSA) is 21.7 Å². The predicted octanol–water partition coefficient (Wildman–Crippen LogP) is 4.78. The molecular formula is C21H26ClNO2. The molecule has 1 atom stereocenters. The van der Waals surface area contributed by atoms with Gasteiger partial charge in [-0.25, -0.2) is 0 Å². The van der Waals surface area contributed by atoms with Crippen LogP contribution in [0.5, 0.6) is 11.5 Å². The van der Waals surface area contributed by atoms with Crippen molar-refractivity contribution in [2.24, 2.45) is 0 Å². The number of benzene rings is 2. The molecule has 4 heteroatoms. The van der Waals surface area contributed by atoms with Crippen molar-refractivity contribution in [3.8, 4) is 11.5 Å². The number of hydrogen-bond donors (Lipinski definition) is 0. The molecule has 0 aromatic heterocycles. The highest BCUT2D eigenvalue weighted by molar-refractivity contribution is 6.30. The molecule has 0 aliphatic carbocycles. The van der Waals surface area contributed by atoms with Crippen molar-refractivity contribution >= 4 is 11.6 Å². The first-order valence-corrected chi connectivity index (χ1v) is 9.26. The van der Waals surface area contributed by atoms with Gasteiger partial charge in [0, 0.05) is 18.1 Å². The Balaban J connectivity index is 1.58. The van der Waals surface area contributed by atoms with Crippen LogP contribution in [0, 0.1) is 0 Å². The van der Waals surface area contributed by atoms with Crippen LogP contribution in [0.3, 0.4) is 0 Å². The summed E-state index contributed by atoms with van der Waals surface area (Å²) in [5.41, 5.74) is 2.69. The second kappa shape index (κ2) is 8.59. The molecule has 1 aliphatic rings. The summed E-state index contributed by atoms with van der Waals surface area (Å²) in [4.78, 5) is 2.57. The lowest BCUT2D eigenvalue weighted by atomic mass is 9.90. The third-order valence-electron chi connectivity index (χ3n) is 5.01. The smallest absolute Gasteiger partial charge is 0.160 e. The number of likely N-dealkylation sites (tertiary alicyclic amines) is 1. The first kappa shape index (κ1) is 18.1. The van der Waals surface area contributed by atoms with E-state index in [9.17, 15) is 0 Å². The van der Waals surface area contributed by atoms with E-state index in [-0.39, 0.29) is 0 Å². The minimum absolute atomic E-state index is 0.608. The molecule has 3 nitrogen and oxygen atoms in total. The molecule has 0 spiro atoms. The van der Waals surface area contributed by atoms with E-state index in [0.29, 0.717) is 5.92 Å². The van der Waals surface area contributed by atoms with Crippen LogP contribution in [0.15, 0.2) is 42.5 Å². The number of rotatable bonds is 6. The zero-order chi connectivity index (χ0) is 17.6. The molecule has 1 heterocycles. The van der Waals surface area contributed by atoms with Gasteiger partial charge in [-0.05, 0) is 67.1 Å². The van der Waals surface area contributed by atoms with Gasteiger partial charge in [-0.1, -0.05) is 29.8 Å². The third kappa shape index (κ3) is 4.68. The Morgan fingerprint density at radius 3 is 2.52 bits per heavy atom. The van der Waals surface area contributed by atoms with Crippen molar-refractivity contribution in [2.45, 2.75) is 25.2 Å². The van der Waals surface area contributed by atoms with Crippen molar-refractivity contribution in [3.63, 3.8) is 0 Å². The van der Waals surface area contributed by atoms with E-state index < -0.39 is 0 Å². The molecule has 0 amide bonds. The normalized spacial score (nSPS) is 18.1. The van der Waals surface area contributed by atoms with Gasteiger partial charge in [0.25, 0.3) is 0 Å². The van der Waals surface area contributed by atoms with E-state index in [1.54, 1.807) is 14.2 Å². The summed E-state index contributed by atoms with van der Waals surface area (Å²) in [6, 6.07) is 14.5. The highest BCUT2D eigenvalue weighted by Gasteiger charge is 2.21. The summed E-state index contributed by atoms with van der Waals surface area (Å²) in [5, 5.41) is 0.810. The average Bonchev–Trinajstić information content (AvgIpc) is 2.67. The van der Waals surface area contributed by atoms with Gasteiger partial charge in [-0.3, -0.25) is 0 Å². The van der Waals surface area contributed by atoms with Crippen molar-refractivity contribution in [2.75, 3.05) is 33.9 Å². The summed E-state index contributed by atoms with van der Waals surface area (Å²) in [5.74, 6) is 2.20. The monoisotopic (exact) mass is 359 g/mol. The molecule has 25 heavy (non-hydrogen) atoms. The van der Waals surface area contributed by atoms with Crippen molar-refractivity contribution in [3.05, 3.63) is 58.6 Å². The zero-order valence-electron chi connectivity index (χ0n) is 15.0. The van der Waals surface area contributed by atoms with E-state index in [0.717, 1.165) is 36.0 Å². The fourth-order valence-electron chi connectivity index (χ4n) is 3.59. The second-order valence-electron chi connectivity index (χ2n) is 6.63. The predicted molar refractivity (Wildman–Crippen MR) is 103 cm³/mol. The minimum Gasteiger partial charge on any atom is -0.493 e. The number of hydrogen-bond acceptors (Lipinski definition) is 3. The Hall–Kier alpha value is -1.71. The van der Waals surface area contributed by atoms with E-state index in [2.05, 4.69) is 29.2 Å². The highest BCUT2D eigenvalue weighted by Crippen LogP contribution is 2.29. The van der Waals surface area contributed by atoms with Crippen LogP contribution in [-0.4, -0.2) is 38.8 Å². The summed E-state index contributed by atoms with van der Waals surface area (Å²) in [6.45, 7) is 3.37. The molecule has 3 rings (SSSR count). The first-order valence-electron chi connectivity index (χ1n) is 8.88. The lowest BCUT2D eigenvalue weighted by Crippen LogP contribution is -2.35. The lowest BCUT2D eigenvalue weighted by molar-refractivity contribution is 0.210. The Bertz CT molecular complexity index is 687. The highest BCUT2D eigenvalue weighted by atomic mass is 35.5. The minimum atomic E-state index is 0.608. The molecule has 1 fully saturated rings. The average molecular weight is 360 g/mol. The van der Waals surface area contributed by atoms with Crippen LogP contribution in [-0.2, 0) is 6.42 Å². The largest absolute Gasteiger partial charge is 0.493 e. The molecule has 134 valence electrons. The Labute approximate surface area is 155 Å².